The molecule has 0 saturated heterocycles. The minimum atomic E-state index is -0.504. The van der Waals surface area contributed by atoms with Crippen LogP contribution in [0.25, 0.3) is 11.5 Å². The summed E-state index contributed by atoms with van der Waals surface area (Å²) in [5.74, 6) is 0.915. The van der Waals surface area contributed by atoms with Gasteiger partial charge in [0.2, 0.25) is 11.8 Å². The first-order valence-electron chi connectivity index (χ1n) is 5.78. The molecule has 0 aromatic carbocycles. The second-order valence-corrected chi connectivity index (χ2v) is 4.91. The predicted octanol–water partition coefficient (Wildman–Crippen LogP) is 2.28. The molecule has 0 saturated carbocycles. The molecule has 2 aromatic rings. The summed E-state index contributed by atoms with van der Waals surface area (Å²) < 4.78 is 5.54. The van der Waals surface area contributed by atoms with Crippen LogP contribution in [0.2, 0.25) is 0 Å². The fourth-order valence-corrected chi connectivity index (χ4v) is 2.21. The Morgan fingerprint density at radius 2 is 2.47 bits per heavy atom. The van der Waals surface area contributed by atoms with E-state index in [1.54, 1.807) is 25.2 Å². The van der Waals surface area contributed by atoms with Crippen molar-refractivity contribution in [1.82, 2.24) is 10.3 Å². The summed E-state index contributed by atoms with van der Waals surface area (Å²) in [6.07, 6.45) is 0.117. The Morgan fingerprint density at radius 1 is 1.68 bits per heavy atom. The molecule has 0 bridgehead atoms. The second-order valence-electron chi connectivity index (χ2n) is 4.13. The average molecular weight is 275 g/mol. The van der Waals surface area contributed by atoms with Crippen molar-refractivity contribution in [2.75, 3.05) is 0 Å². The topological polar surface area (TPSA) is 78.9 Å². The van der Waals surface area contributed by atoms with Crippen molar-refractivity contribution in [2.24, 2.45) is 0 Å². The quantitative estimate of drug-likeness (QED) is 0.928. The first-order chi connectivity index (χ1) is 9.10. The fourth-order valence-electron chi connectivity index (χ4n) is 1.58. The first-order valence-corrected chi connectivity index (χ1v) is 6.72. The summed E-state index contributed by atoms with van der Waals surface area (Å²) in [4.78, 5) is 16.0. The molecule has 6 heteroatoms. The van der Waals surface area contributed by atoms with Crippen molar-refractivity contribution < 1.29 is 9.21 Å². The lowest BCUT2D eigenvalue weighted by atomic mass is 10.2. The number of nitriles is 1. The molecular weight excluding hydrogens is 262 g/mol. The summed E-state index contributed by atoms with van der Waals surface area (Å²) in [6, 6.07) is 3.36. The van der Waals surface area contributed by atoms with E-state index in [0.29, 0.717) is 17.3 Å². The first kappa shape index (κ1) is 13.3. The molecule has 0 radical (unpaired) electrons. The van der Waals surface area contributed by atoms with Crippen LogP contribution in [-0.4, -0.2) is 16.9 Å². The minimum Gasteiger partial charge on any atom is -0.441 e. The van der Waals surface area contributed by atoms with E-state index in [-0.39, 0.29) is 12.3 Å². The Balaban J connectivity index is 2.10. The van der Waals surface area contributed by atoms with Crippen LogP contribution in [0.1, 0.15) is 18.4 Å². The number of hydrogen-bond acceptors (Lipinski definition) is 5. The molecule has 0 fully saturated rings. The third-order valence-corrected chi connectivity index (χ3v) is 3.24. The second kappa shape index (κ2) is 5.67. The van der Waals surface area contributed by atoms with Crippen LogP contribution in [-0.2, 0) is 11.2 Å². The molecular formula is C13H13N3O2S. The average Bonchev–Trinajstić information content (AvgIpc) is 2.99. The van der Waals surface area contributed by atoms with E-state index >= 15 is 0 Å². The highest BCUT2D eigenvalue weighted by Gasteiger charge is 2.15. The molecule has 98 valence electrons. The van der Waals surface area contributed by atoms with Crippen molar-refractivity contribution in [3.8, 4) is 17.5 Å². The number of aromatic nitrogens is 1. The lowest BCUT2D eigenvalue weighted by molar-refractivity contribution is -0.120. The van der Waals surface area contributed by atoms with E-state index in [4.69, 9.17) is 9.68 Å². The van der Waals surface area contributed by atoms with Crippen molar-refractivity contribution in [3.63, 3.8) is 0 Å². The van der Waals surface area contributed by atoms with E-state index in [1.165, 1.54) is 0 Å². The summed E-state index contributed by atoms with van der Waals surface area (Å²) >= 11 is 1.56. The lowest BCUT2D eigenvalue weighted by Gasteiger charge is -2.04. The molecule has 1 amide bonds. The number of carbonyl (C=O) groups excluding carboxylic acids is 1. The summed E-state index contributed by atoms with van der Waals surface area (Å²) in [5, 5.41) is 15.1. The van der Waals surface area contributed by atoms with Gasteiger partial charge in [0, 0.05) is 10.9 Å². The maximum absolute atomic E-state index is 11.7. The third-order valence-electron chi connectivity index (χ3n) is 2.56. The van der Waals surface area contributed by atoms with Crippen LogP contribution >= 0.6 is 11.3 Å². The Kier molecular flexibility index (Phi) is 3.97. The fraction of sp³-hybridized carbons (Fsp3) is 0.308. The zero-order valence-electron chi connectivity index (χ0n) is 10.6. The van der Waals surface area contributed by atoms with Gasteiger partial charge in [0.15, 0.2) is 0 Å². The number of hydrogen-bond donors (Lipinski definition) is 1. The minimum absolute atomic E-state index is 0.117. The van der Waals surface area contributed by atoms with Gasteiger partial charge in [0.1, 0.15) is 11.8 Å². The highest BCUT2D eigenvalue weighted by atomic mass is 32.1. The van der Waals surface area contributed by atoms with E-state index < -0.39 is 6.04 Å². The van der Waals surface area contributed by atoms with Crippen LogP contribution in [0.3, 0.4) is 0 Å². The number of oxazole rings is 1. The van der Waals surface area contributed by atoms with E-state index in [9.17, 15) is 4.79 Å². The molecule has 2 aromatic heterocycles. The normalized spacial score (nSPS) is 11.8. The smallest absolute Gasteiger partial charge is 0.227 e. The van der Waals surface area contributed by atoms with E-state index in [1.807, 2.05) is 22.9 Å². The number of nitrogens with one attached hydrogen (secondary N) is 1. The highest BCUT2D eigenvalue weighted by Crippen LogP contribution is 2.23. The van der Waals surface area contributed by atoms with E-state index in [2.05, 4.69) is 10.3 Å². The Morgan fingerprint density at radius 3 is 3.11 bits per heavy atom. The maximum Gasteiger partial charge on any atom is 0.227 e. The van der Waals surface area contributed by atoms with Crippen LogP contribution in [0.4, 0.5) is 0 Å². The monoisotopic (exact) mass is 275 g/mol. The Bertz CT molecular complexity index is 610. The van der Waals surface area contributed by atoms with Gasteiger partial charge in [-0.05, 0) is 25.3 Å². The molecule has 19 heavy (non-hydrogen) atoms. The zero-order valence-corrected chi connectivity index (χ0v) is 11.5. The van der Waals surface area contributed by atoms with E-state index in [0.717, 1.165) is 5.56 Å². The van der Waals surface area contributed by atoms with Gasteiger partial charge >= 0.3 is 0 Å². The SMILES string of the molecule is Cc1oc(-c2ccsc2)nc1CC(=O)N[C@@H](C)C#N. The number of rotatable bonds is 4. The van der Waals surface area contributed by atoms with Gasteiger partial charge in [0.25, 0.3) is 0 Å². The molecule has 0 aliphatic heterocycles. The number of amides is 1. The largest absolute Gasteiger partial charge is 0.441 e. The Hall–Kier alpha value is -2.13. The third kappa shape index (κ3) is 3.20. The maximum atomic E-state index is 11.7. The van der Waals surface area contributed by atoms with Crippen LogP contribution in [0.5, 0.6) is 0 Å². The predicted molar refractivity (Wildman–Crippen MR) is 71.5 cm³/mol. The van der Waals surface area contributed by atoms with Gasteiger partial charge in [-0.3, -0.25) is 4.79 Å². The number of nitrogens with zero attached hydrogens (tertiary/aromatic N) is 2. The summed E-state index contributed by atoms with van der Waals surface area (Å²) in [6.45, 7) is 3.41. The molecule has 5 nitrogen and oxygen atoms in total. The van der Waals surface area contributed by atoms with Crippen molar-refractivity contribution >= 4 is 17.2 Å². The van der Waals surface area contributed by atoms with Crippen LogP contribution in [0.15, 0.2) is 21.2 Å². The lowest BCUT2D eigenvalue weighted by Crippen LogP contribution is -2.32. The van der Waals surface area contributed by atoms with Gasteiger partial charge in [0.05, 0.1) is 18.2 Å². The van der Waals surface area contributed by atoms with Gasteiger partial charge in [-0.15, -0.1) is 0 Å². The highest BCUT2D eigenvalue weighted by molar-refractivity contribution is 7.08. The van der Waals surface area contributed by atoms with Crippen molar-refractivity contribution in [2.45, 2.75) is 26.3 Å². The number of thiophene rings is 1. The molecule has 0 aliphatic carbocycles. The summed E-state index contributed by atoms with van der Waals surface area (Å²) in [7, 11) is 0. The molecule has 2 heterocycles. The summed E-state index contributed by atoms with van der Waals surface area (Å²) in [5.41, 5.74) is 1.51. The molecule has 0 unspecified atom stereocenters. The van der Waals surface area contributed by atoms with Gasteiger partial charge in [-0.2, -0.15) is 16.6 Å². The van der Waals surface area contributed by atoms with Gasteiger partial charge < -0.3 is 9.73 Å². The van der Waals surface area contributed by atoms with Crippen molar-refractivity contribution in [1.29, 1.82) is 5.26 Å². The van der Waals surface area contributed by atoms with Crippen LogP contribution < -0.4 is 5.32 Å². The molecule has 2 rings (SSSR count). The van der Waals surface area contributed by atoms with Crippen molar-refractivity contribution in [3.05, 3.63) is 28.3 Å². The molecule has 0 aliphatic rings. The van der Waals surface area contributed by atoms with Gasteiger partial charge in [-0.1, -0.05) is 0 Å². The zero-order chi connectivity index (χ0) is 13.8. The number of carbonyl (C=O) groups is 1. The Labute approximate surface area is 114 Å². The molecule has 1 N–H and O–H groups in total. The van der Waals surface area contributed by atoms with Crippen LogP contribution in [0, 0.1) is 18.3 Å². The molecule has 0 spiro atoms. The van der Waals surface area contributed by atoms with Gasteiger partial charge in [-0.25, -0.2) is 4.98 Å². The standard InChI is InChI=1S/C13H13N3O2S/c1-8(6-14)15-12(17)5-11-9(2)18-13(16-11)10-3-4-19-7-10/h3-4,7-8H,5H2,1-2H3,(H,15,17)/t8-/m0/s1. The number of aryl methyl sites for hydroxylation is 1. The molecule has 1 atom stereocenters.